The molecule has 0 saturated heterocycles. The maximum absolute atomic E-state index is 2.47. The molecule has 0 bridgehead atoms. The third-order valence-corrected chi connectivity index (χ3v) is 9.47. The van der Waals surface area contributed by atoms with E-state index < -0.39 is 0 Å². The predicted molar refractivity (Wildman–Crippen MR) is 195 cm³/mol. The van der Waals surface area contributed by atoms with Crippen LogP contribution in [0.3, 0.4) is 0 Å². The van der Waals surface area contributed by atoms with Gasteiger partial charge in [-0.15, -0.1) is 0 Å². The van der Waals surface area contributed by atoms with Crippen LogP contribution in [0.5, 0.6) is 0 Å². The molecular weight excluding hydrogens is 555 g/mol. The van der Waals surface area contributed by atoms with Gasteiger partial charge in [0.25, 0.3) is 0 Å². The second-order valence-corrected chi connectivity index (χ2v) is 12.6. The first-order valence-corrected chi connectivity index (χ1v) is 16.0. The molecule has 0 radical (unpaired) electrons. The summed E-state index contributed by atoms with van der Waals surface area (Å²) >= 11 is 0. The molecule has 0 saturated carbocycles. The van der Waals surface area contributed by atoms with E-state index in [1.54, 1.807) is 0 Å². The Morgan fingerprint density at radius 3 is 1.37 bits per heavy atom. The lowest BCUT2D eigenvalue weighted by Gasteiger charge is -2.26. The second-order valence-electron chi connectivity index (χ2n) is 12.6. The summed E-state index contributed by atoms with van der Waals surface area (Å²) in [5.41, 5.74) is 16.2. The molecule has 1 heteroatoms. The summed E-state index contributed by atoms with van der Waals surface area (Å²) in [6.45, 7) is 4.75. The Morgan fingerprint density at radius 2 is 0.804 bits per heavy atom. The van der Waals surface area contributed by atoms with Gasteiger partial charge in [-0.05, 0) is 104 Å². The second kappa shape index (κ2) is 11.4. The quantitative estimate of drug-likeness (QED) is 0.186. The molecule has 0 heterocycles. The Hall–Kier alpha value is -5.66. The summed E-state index contributed by atoms with van der Waals surface area (Å²) in [4.78, 5) is 2.31. The van der Waals surface area contributed by atoms with Crippen LogP contribution in [-0.2, 0) is 5.41 Å². The fourth-order valence-electron chi connectivity index (χ4n) is 7.18. The van der Waals surface area contributed by atoms with Crippen LogP contribution in [-0.4, -0.2) is 0 Å². The van der Waals surface area contributed by atoms with Crippen LogP contribution in [0.4, 0.5) is 17.1 Å². The van der Waals surface area contributed by atoms with E-state index in [1.165, 1.54) is 55.6 Å². The van der Waals surface area contributed by atoms with E-state index in [2.05, 4.69) is 195 Å². The summed E-state index contributed by atoms with van der Waals surface area (Å²) in [7, 11) is 0. The van der Waals surface area contributed by atoms with Gasteiger partial charge in [0.1, 0.15) is 0 Å². The zero-order valence-corrected chi connectivity index (χ0v) is 26.2. The fourth-order valence-corrected chi connectivity index (χ4v) is 7.18. The van der Waals surface area contributed by atoms with Crippen LogP contribution in [0.1, 0.15) is 25.0 Å². The highest BCUT2D eigenvalue weighted by Crippen LogP contribution is 2.54. The van der Waals surface area contributed by atoms with E-state index in [9.17, 15) is 0 Å². The Morgan fingerprint density at radius 1 is 0.348 bits per heavy atom. The van der Waals surface area contributed by atoms with Crippen LogP contribution in [0.2, 0.25) is 0 Å². The monoisotopic (exact) mass is 589 g/mol. The largest absolute Gasteiger partial charge is 0.311 e. The van der Waals surface area contributed by atoms with Gasteiger partial charge in [-0.2, -0.15) is 0 Å². The number of nitrogens with zero attached hydrogens (tertiary/aromatic N) is 1. The maximum Gasteiger partial charge on any atom is 0.0462 e. The van der Waals surface area contributed by atoms with E-state index in [-0.39, 0.29) is 5.41 Å². The molecule has 0 aliphatic heterocycles. The molecule has 0 unspecified atom stereocenters. The molecule has 220 valence electrons. The average molecular weight is 590 g/mol. The zero-order valence-electron chi connectivity index (χ0n) is 26.2. The van der Waals surface area contributed by atoms with Crippen LogP contribution in [0, 0.1) is 0 Å². The van der Waals surface area contributed by atoms with Crippen LogP contribution in [0.15, 0.2) is 176 Å². The number of anilines is 3. The van der Waals surface area contributed by atoms with E-state index in [4.69, 9.17) is 0 Å². The molecule has 7 aromatic rings. The topological polar surface area (TPSA) is 3.24 Å². The van der Waals surface area contributed by atoms with Gasteiger partial charge in [0.05, 0.1) is 0 Å². The number of para-hydroxylation sites is 2. The molecule has 1 aliphatic rings. The summed E-state index contributed by atoms with van der Waals surface area (Å²) in [5.74, 6) is 0. The van der Waals surface area contributed by atoms with Gasteiger partial charge in [-0.25, -0.2) is 0 Å². The summed E-state index contributed by atoms with van der Waals surface area (Å²) in [6, 6.07) is 63.6. The number of benzene rings is 7. The molecule has 0 amide bonds. The minimum Gasteiger partial charge on any atom is -0.311 e. The van der Waals surface area contributed by atoms with Gasteiger partial charge in [-0.1, -0.05) is 141 Å². The Bertz CT molecular complexity index is 2090. The lowest BCUT2D eigenvalue weighted by molar-refractivity contribution is 0.661. The van der Waals surface area contributed by atoms with E-state index in [0.29, 0.717) is 0 Å². The molecule has 0 aromatic heterocycles. The first-order valence-electron chi connectivity index (χ1n) is 16.0. The van der Waals surface area contributed by atoms with Crippen molar-refractivity contribution < 1.29 is 0 Å². The Labute approximate surface area is 272 Å². The van der Waals surface area contributed by atoms with Crippen LogP contribution >= 0.6 is 0 Å². The third kappa shape index (κ3) is 4.73. The molecule has 8 rings (SSSR count). The summed E-state index contributed by atoms with van der Waals surface area (Å²) in [5, 5.41) is 0. The van der Waals surface area contributed by atoms with E-state index >= 15 is 0 Å². The Kier molecular flexibility index (Phi) is 6.88. The third-order valence-electron chi connectivity index (χ3n) is 9.47. The normalized spacial score (nSPS) is 12.7. The molecule has 1 nitrogen and oxygen atoms in total. The lowest BCUT2D eigenvalue weighted by atomic mass is 9.80. The number of hydrogen-bond acceptors (Lipinski definition) is 1. The summed E-state index contributed by atoms with van der Waals surface area (Å²) in [6.07, 6.45) is 0. The highest BCUT2D eigenvalue weighted by molar-refractivity contribution is 5.97. The highest BCUT2D eigenvalue weighted by Gasteiger charge is 2.38. The van der Waals surface area contributed by atoms with Crippen molar-refractivity contribution in [2.75, 3.05) is 4.90 Å². The smallest absolute Gasteiger partial charge is 0.0462 e. The lowest BCUT2D eigenvalue weighted by Crippen LogP contribution is -2.15. The van der Waals surface area contributed by atoms with Crippen molar-refractivity contribution in [2.45, 2.75) is 19.3 Å². The minimum absolute atomic E-state index is 0.128. The molecule has 0 fully saturated rings. The first kappa shape index (κ1) is 27.9. The molecule has 7 aromatic carbocycles. The van der Waals surface area contributed by atoms with Crippen molar-refractivity contribution in [3.05, 3.63) is 187 Å². The highest BCUT2D eigenvalue weighted by atomic mass is 15.1. The Balaban J connectivity index is 1.30. The van der Waals surface area contributed by atoms with Gasteiger partial charge >= 0.3 is 0 Å². The van der Waals surface area contributed by atoms with Crippen LogP contribution < -0.4 is 4.90 Å². The predicted octanol–water partition coefficient (Wildman–Crippen LogP) is 12.5. The molecule has 0 N–H and O–H groups in total. The standard InChI is InChI=1S/C45H35N/c1-45(2)42-25-15-24-38(32-16-7-3-8-17-32)44(42)41-30-39(33-18-9-4-10-19-33)40(31-43(41)45)34-26-28-37(29-27-34)46(35-20-11-5-12-21-35)36-22-13-6-14-23-36/h3-31H,1-2H3. The fraction of sp³-hybridized carbons (Fsp3) is 0.0667. The van der Waals surface area contributed by atoms with Crippen molar-refractivity contribution in [1.29, 1.82) is 0 Å². The molecule has 0 atom stereocenters. The van der Waals surface area contributed by atoms with Crippen molar-refractivity contribution in [1.82, 2.24) is 0 Å². The van der Waals surface area contributed by atoms with Gasteiger partial charge in [0.15, 0.2) is 0 Å². The molecule has 0 spiro atoms. The van der Waals surface area contributed by atoms with Gasteiger partial charge in [-0.3, -0.25) is 0 Å². The SMILES string of the molecule is CC1(C)c2cc(-c3ccc(N(c4ccccc4)c4ccccc4)cc3)c(-c3ccccc3)cc2-c2c(-c3ccccc3)cccc21. The van der Waals surface area contributed by atoms with E-state index in [1.807, 2.05) is 0 Å². The van der Waals surface area contributed by atoms with Gasteiger partial charge in [0.2, 0.25) is 0 Å². The number of fused-ring (bicyclic) bond motifs is 3. The first-order chi connectivity index (χ1) is 22.6. The summed E-state index contributed by atoms with van der Waals surface area (Å²) < 4.78 is 0. The van der Waals surface area contributed by atoms with Crippen molar-refractivity contribution in [2.24, 2.45) is 0 Å². The molecule has 46 heavy (non-hydrogen) atoms. The molecular formula is C45H35N. The zero-order chi connectivity index (χ0) is 31.1. The van der Waals surface area contributed by atoms with E-state index in [0.717, 1.165) is 17.1 Å². The van der Waals surface area contributed by atoms with Crippen molar-refractivity contribution >= 4 is 17.1 Å². The number of rotatable bonds is 6. The molecule has 1 aliphatic carbocycles. The van der Waals surface area contributed by atoms with Crippen molar-refractivity contribution in [3.8, 4) is 44.5 Å². The van der Waals surface area contributed by atoms with Gasteiger partial charge in [0, 0.05) is 22.5 Å². The van der Waals surface area contributed by atoms with Gasteiger partial charge < -0.3 is 4.90 Å². The average Bonchev–Trinajstić information content (AvgIpc) is 3.35. The number of hydrogen-bond donors (Lipinski definition) is 0. The van der Waals surface area contributed by atoms with Crippen LogP contribution in [0.25, 0.3) is 44.5 Å². The van der Waals surface area contributed by atoms with Crippen molar-refractivity contribution in [3.63, 3.8) is 0 Å². The minimum atomic E-state index is -0.128. The maximum atomic E-state index is 2.47.